The molecule has 6 heteroatoms. The minimum atomic E-state index is -0.191. The second kappa shape index (κ2) is 9.96. The fourth-order valence-corrected chi connectivity index (χ4v) is 5.47. The summed E-state index contributed by atoms with van der Waals surface area (Å²) >= 11 is 7.71. The number of carbonyl (C=O) groups is 1. The van der Waals surface area contributed by atoms with Crippen LogP contribution in [0.4, 0.5) is 0 Å². The van der Waals surface area contributed by atoms with E-state index in [0.29, 0.717) is 9.93 Å². The van der Waals surface area contributed by atoms with Crippen molar-refractivity contribution in [1.82, 2.24) is 9.80 Å². The Morgan fingerprint density at radius 2 is 1.39 bits per heavy atom. The fourth-order valence-electron chi connectivity index (χ4n) is 4.32. The zero-order valence-corrected chi connectivity index (χ0v) is 19.7. The summed E-state index contributed by atoms with van der Waals surface area (Å²) in [7, 11) is 0. The smallest absolute Gasteiger partial charge is 0.286 e. The number of rotatable bonds is 4. The maximum Gasteiger partial charge on any atom is 0.286 e. The lowest BCUT2D eigenvalue weighted by Crippen LogP contribution is -2.49. The van der Waals surface area contributed by atoms with Crippen LogP contribution in [0.1, 0.15) is 22.7 Å². The number of thioether (sulfide) groups is 1. The van der Waals surface area contributed by atoms with Gasteiger partial charge in [0, 0.05) is 31.2 Å². The summed E-state index contributed by atoms with van der Waals surface area (Å²) in [6.45, 7) is 3.45. The molecule has 2 heterocycles. The van der Waals surface area contributed by atoms with Gasteiger partial charge in [-0.2, -0.15) is 4.99 Å². The Balaban J connectivity index is 1.29. The molecule has 0 aliphatic carbocycles. The van der Waals surface area contributed by atoms with Gasteiger partial charge in [-0.05, 0) is 40.6 Å². The van der Waals surface area contributed by atoms with Gasteiger partial charge in [0.2, 0.25) is 0 Å². The van der Waals surface area contributed by atoms with Gasteiger partial charge < -0.3 is 4.90 Å². The molecular formula is C27H24ClN3OS. The van der Waals surface area contributed by atoms with Crippen LogP contribution < -0.4 is 0 Å². The molecule has 0 saturated carbocycles. The average molecular weight is 474 g/mol. The van der Waals surface area contributed by atoms with E-state index in [9.17, 15) is 4.79 Å². The molecule has 5 rings (SSSR count). The van der Waals surface area contributed by atoms with Gasteiger partial charge in [0.05, 0.1) is 10.9 Å². The minimum Gasteiger partial charge on any atom is -0.348 e. The molecule has 0 N–H and O–H groups in total. The number of hydrogen-bond acceptors (Lipinski definition) is 4. The SMILES string of the molecule is O=C1N=C(N2CCN(C(c3ccccc3)c3ccccc3)CC2)SC1=Cc1ccccc1Cl. The molecule has 1 amide bonds. The van der Waals surface area contributed by atoms with Crippen molar-refractivity contribution >= 4 is 40.5 Å². The molecule has 2 aliphatic rings. The number of amides is 1. The molecule has 0 radical (unpaired) electrons. The second-order valence-electron chi connectivity index (χ2n) is 8.08. The van der Waals surface area contributed by atoms with Crippen molar-refractivity contribution in [3.63, 3.8) is 0 Å². The van der Waals surface area contributed by atoms with Crippen LogP contribution in [0.25, 0.3) is 6.08 Å². The van der Waals surface area contributed by atoms with E-state index in [2.05, 4.69) is 75.5 Å². The highest BCUT2D eigenvalue weighted by Gasteiger charge is 2.31. The van der Waals surface area contributed by atoms with E-state index < -0.39 is 0 Å². The van der Waals surface area contributed by atoms with Crippen LogP contribution in [0.2, 0.25) is 5.02 Å². The molecule has 0 unspecified atom stereocenters. The van der Waals surface area contributed by atoms with Crippen LogP contribution in [-0.4, -0.2) is 47.1 Å². The third-order valence-electron chi connectivity index (χ3n) is 5.98. The molecule has 0 spiro atoms. The van der Waals surface area contributed by atoms with E-state index in [1.54, 1.807) is 0 Å². The van der Waals surface area contributed by atoms with Crippen LogP contribution >= 0.6 is 23.4 Å². The lowest BCUT2D eigenvalue weighted by molar-refractivity contribution is -0.113. The summed E-state index contributed by atoms with van der Waals surface area (Å²) in [5.41, 5.74) is 3.43. The molecule has 0 atom stereocenters. The number of nitrogens with zero attached hydrogens (tertiary/aromatic N) is 3. The number of carbonyl (C=O) groups excluding carboxylic acids is 1. The Bertz CT molecular complexity index is 1150. The van der Waals surface area contributed by atoms with Crippen molar-refractivity contribution in [2.75, 3.05) is 26.2 Å². The second-order valence-corrected chi connectivity index (χ2v) is 9.49. The minimum absolute atomic E-state index is 0.191. The maximum atomic E-state index is 12.5. The first-order chi connectivity index (χ1) is 16.2. The Kier molecular flexibility index (Phi) is 6.63. The van der Waals surface area contributed by atoms with Gasteiger partial charge in [0.25, 0.3) is 5.91 Å². The van der Waals surface area contributed by atoms with E-state index >= 15 is 0 Å². The molecule has 0 aromatic heterocycles. The molecule has 3 aromatic carbocycles. The van der Waals surface area contributed by atoms with Gasteiger partial charge >= 0.3 is 0 Å². The van der Waals surface area contributed by atoms with Crippen molar-refractivity contribution in [1.29, 1.82) is 0 Å². The predicted molar refractivity (Wildman–Crippen MR) is 137 cm³/mol. The van der Waals surface area contributed by atoms with Gasteiger partial charge in [0.1, 0.15) is 0 Å². The monoisotopic (exact) mass is 473 g/mol. The summed E-state index contributed by atoms with van der Waals surface area (Å²) in [5, 5.41) is 1.42. The zero-order chi connectivity index (χ0) is 22.6. The van der Waals surface area contributed by atoms with Gasteiger partial charge in [-0.25, -0.2) is 0 Å². The van der Waals surface area contributed by atoms with Gasteiger partial charge in [-0.3, -0.25) is 9.69 Å². The summed E-state index contributed by atoms with van der Waals surface area (Å²) in [6, 6.07) is 29.1. The first-order valence-electron chi connectivity index (χ1n) is 11.0. The lowest BCUT2D eigenvalue weighted by Gasteiger charge is -2.40. The molecule has 2 aliphatic heterocycles. The van der Waals surface area contributed by atoms with Crippen molar-refractivity contribution in [3.05, 3.63) is 112 Å². The molecule has 1 saturated heterocycles. The van der Waals surface area contributed by atoms with Crippen LogP contribution in [-0.2, 0) is 4.79 Å². The molecule has 0 bridgehead atoms. The molecule has 33 heavy (non-hydrogen) atoms. The number of hydrogen-bond donors (Lipinski definition) is 0. The maximum absolute atomic E-state index is 12.5. The zero-order valence-electron chi connectivity index (χ0n) is 18.1. The van der Waals surface area contributed by atoms with E-state index in [4.69, 9.17) is 11.6 Å². The van der Waals surface area contributed by atoms with Crippen molar-refractivity contribution in [2.24, 2.45) is 4.99 Å². The Morgan fingerprint density at radius 3 is 2.00 bits per heavy atom. The average Bonchev–Trinajstić information content (AvgIpc) is 3.23. The van der Waals surface area contributed by atoms with E-state index in [0.717, 1.165) is 36.9 Å². The van der Waals surface area contributed by atoms with E-state index in [-0.39, 0.29) is 11.9 Å². The third-order valence-corrected chi connectivity index (χ3v) is 7.37. The Labute approximate surface area is 203 Å². The first-order valence-corrected chi connectivity index (χ1v) is 12.2. The number of halogens is 1. The summed E-state index contributed by atoms with van der Waals surface area (Å²) in [4.78, 5) is 22.2. The Hall–Kier alpha value is -2.86. The first kappa shape index (κ1) is 22.0. The summed E-state index contributed by atoms with van der Waals surface area (Å²) in [6.07, 6.45) is 1.84. The summed E-state index contributed by atoms with van der Waals surface area (Å²) in [5.74, 6) is -0.191. The standard InChI is InChI=1S/C27H24ClN3OS/c28-23-14-8-7-13-22(23)19-24-26(32)29-27(33-24)31-17-15-30(16-18-31)25(20-9-3-1-4-10-20)21-11-5-2-6-12-21/h1-14,19,25H,15-18H2. The highest BCUT2D eigenvalue weighted by atomic mass is 35.5. The molecular weight excluding hydrogens is 450 g/mol. The number of aliphatic imine (C=N–C) groups is 1. The van der Waals surface area contributed by atoms with Crippen molar-refractivity contribution in [3.8, 4) is 0 Å². The quantitative estimate of drug-likeness (QED) is 0.454. The number of amidine groups is 1. The van der Waals surface area contributed by atoms with Gasteiger partial charge in [-0.1, -0.05) is 90.5 Å². The number of piperazine rings is 1. The lowest BCUT2D eigenvalue weighted by atomic mass is 9.96. The highest BCUT2D eigenvalue weighted by molar-refractivity contribution is 8.18. The fraction of sp³-hybridized carbons (Fsp3) is 0.185. The highest BCUT2D eigenvalue weighted by Crippen LogP contribution is 2.34. The van der Waals surface area contributed by atoms with Crippen molar-refractivity contribution < 1.29 is 4.79 Å². The third kappa shape index (κ3) is 4.91. The van der Waals surface area contributed by atoms with E-state index in [1.807, 2.05) is 30.3 Å². The van der Waals surface area contributed by atoms with Gasteiger partial charge in [-0.15, -0.1) is 0 Å². The largest absolute Gasteiger partial charge is 0.348 e. The molecule has 1 fully saturated rings. The van der Waals surface area contributed by atoms with Crippen LogP contribution in [0.5, 0.6) is 0 Å². The van der Waals surface area contributed by atoms with Crippen molar-refractivity contribution in [2.45, 2.75) is 6.04 Å². The molecule has 4 nitrogen and oxygen atoms in total. The van der Waals surface area contributed by atoms with Gasteiger partial charge in [0.15, 0.2) is 5.17 Å². The Morgan fingerprint density at radius 1 is 0.818 bits per heavy atom. The molecule has 3 aromatic rings. The molecule has 166 valence electrons. The van der Waals surface area contributed by atoms with Crippen LogP contribution in [0.15, 0.2) is 94.8 Å². The number of benzene rings is 3. The van der Waals surface area contributed by atoms with E-state index in [1.165, 1.54) is 22.9 Å². The normalized spacial score (nSPS) is 18.2. The topological polar surface area (TPSA) is 35.9 Å². The van der Waals surface area contributed by atoms with Crippen LogP contribution in [0.3, 0.4) is 0 Å². The predicted octanol–water partition coefficient (Wildman–Crippen LogP) is 5.72. The summed E-state index contributed by atoms with van der Waals surface area (Å²) < 4.78 is 0. The van der Waals surface area contributed by atoms with Crippen LogP contribution in [0, 0.1) is 0 Å².